The summed E-state index contributed by atoms with van der Waals surface area (Å²) in [6, 6.07) is 9.30. The largest absolute Gasteiger partial charge is 0.508 e. The monoisotopic (exact) mass is 326 g/mol. The molecule has 4 heteroatoms. The van der Waals surface area contributed by atoms with Gasteiger partial charge in [-0.25, -0.2) is 0 Å². The maximum Gasteiger partial charge on any atom is 0.189 e. The molecule has 3 N–H and O–H groups in total. The van der Waals surface area contributed by atoms with Crippen LogP contribution in [0.4, 0.5) is 0 Å². The first kappa shape index (κ1) is 17.6. The van der Waals surface area contributed by atoms with Crippen LogP contribution in [0.5, 0.6) is 17.2 Å². The van der Waals surface area contributed by atoms with E-state index in [4.69, 9.17) is 0 Å². The maximum absolute atomic E-state index is 12.3. The summed E-state index contributed by atoms with van der Waals surface area (Å²) in [7, 11) is 0. The summed E-state index contributed by atoms with van der Waals surface area (Å²) >= 11 is 0. The van der Waals surface area contributed by atoms with E-state index in [0.717, 1.165) is 12.0 Å². The molecule has 0 heterocycles. The minimum atomic E-state index is -0.341. The third-order valence-corrected chi connectivity index (χ3v) is 3.82. The Morgan fingerprint density at radius 1 is 1.04 bits per heavy atom. The Morgan fingerprint density at radius 3 is 2.33 bits per heavy atom. The highest BCUT2D eigenvalue weighted by Crippen LogP contribution is 2.33. The number of rotatable bonds is 6. The smallest absolute Gasteiger partial charge is 0.189 e. The molecule has 0 spiro atoms. The van der Waals surface area contributed by atoms with Crippen molar-refractivity contribution >= 4 is 11.9 Å². The molecule has 0 radical (unpaired) electrons. The second-order valence-corrected chi connectivity index (χ2v) is 6.18. The minimum Gasteiger partial charge on any atom is -0.508 e. The molecule has 0 saturated heterocycles. The van der Waals surface area contributed by atoms with Gasteiger partial charge in [-0.1, -0.05) is 32.1 Å². The predicted molar refractivity (Wildman–Crippen MR) is 94.4 cm³/mol. The molecule has 126 valence electrons. The molecule has 2 aromatic rings. The molecule has 0 unspecified atom stereocenters. The Balaban J connectivity index is 2.22. The summed E-state index contributed by atoms with van der Waals surface area (Å²) in [6.07, 6.45) is 4.30. The second kappa shape index (κ2) is 7.68. The number of carbonyl (C=O) groups is 1. The molecular weight excluding hydrogens is 304 g/mol. The number of benzene rings is 2. The molecule has 4 nitrogen and oxygen atoms in total. The predicted octanol–water partition coefficient (Wildman–Crippen LogP) is 4.29. The molecule has 0 saturated carbocycles. The van der Waals surface area contributed by atoms with Gasteiger partial charge in [-0.2, -0.15) is 0 Å². The van der Waals surface area contributed by atoms with Gasteiger partial charge in [0.15, 0.2) is 5.78 Å². The van der Waals surface area contributed by atoms with E-state index >= 15 is 0 Å². The normalized spacial score (nSPS) is 11.3. The molecule has 0 aliphatic carbocycles. The first-order valence-electron chi connectivity index (χ1n) is 7.93. The van der Waals surface area contributed by atoms with E-state index in [0.29, 0.717) is 17.9 Å². The lowest BCUT2D eigenvalue weighted by Crippen LogP contribution is -2.00. The van der Waals surface area contributed by atoms with Crippen molar-refractivity contribution in [3.8, 4) is 17.2 Å². The minimum absolute atomic E-state index is 0.00668. The molecule has 0 aliphatic rings. The fourth-order valence-electron chi connectivity index (χ4n) is 2.35. The molecular formula is C20H22O4. The summed E-state index contributed by atoms with van der Waals surface area (Å²) in [5.74, 6) is 0.0941. The van der Waals surface area contributed by atoms with Crippen LogP contribution in [0.3, 0.4) is 0 Å². The van der Waals surface area contributed by atoms with E-state index in [1.54, 1.807) is 18.2 Å². The lowest BCUT2D eigenvalue weighted by molar-refractivity contribution is 0.104. The van der Waals surface area contributed by atoms with Gasteiger partial charge in [0.2, 0.25) is 0 Å². The van der Waals surface area contributed by atoms with Crippen LogP contribution < -0.4 is 0 Å². The summed E-state index contributed by atoms with van der Waals surface area (Å²) in [6.45, 7) is 4.12. The maximum atomic E-state index is 12.3. The Morgan fingerprint density at radius 2 is 1.71 bits per heavy atom. The molecule has 24 heavy (non-hydrogen) atoms. The fraction of sp³-hybridized carbons (Fsp3) is 0.250. The molecule has 0 fully saturated rings. The quantitative estimate of drug-likeness (QED) is 0.547. The Labute approximate surface area is 141 Å². The van der Waals surface area contributed by atoms with Crippen LogP contribution in [0.15, 0.2) is 42.5 Å². The zero-order chi connectivity index (χ0) is 17.7. The number of allylic oxidation sites excluding steroid dienone is 1. The van der Waals surface area contributed by atoms with Gasteiger partial charge < -0.3 is 15.3 Å². The average molecular weight is 326 g/mol. The van der Waals surface area contributed by atoms with Crippen LogP contribution in [0, 0.1) is 5.92 Å². The Kier molecular flexibility index (Phi) is 5.64. The molecule has 0 atom stereocenters. The van der Waals surface area contributed by atoms with Crippen molar-refractivity contribution in [2.24, 2.45) is 5.92 Å². The molecule has 2 rings (SSSR count). The van der Waals surface area contributed by atoms with E-state index in [1.165, 1.54) is 30.3 Å². The van der Waals surface area contributed by atoms with Crippen LogP contribution in [0.2, 0.25) is 0 Å². The fourth-order valence-corrected chi connectivity index (χ4v) is 2.35. The van der Waals surface area contributed by atoms with Gasteiger partial charge >= 0.3 is 0 Å². The molecule has 2 aromatic carbocycles. The van der Waals surface area contributed by atoms with E-state index in [9.17, 15) is 20.1 Å². The number of phenolic OH excluding ortho intramolecular Hbond substituents is 3. The van der Waals surface area contributed by atoms with Gasteiger partial charge in [-0.15, -0.1) is 0 Å². The Hall–Kier alpha value is -2.75. The summed E-state index contributed by atoms with van der Waals surface area (Å²) in [5, 5.41) is 29.5. The number of hydrogen-bond donors (Lipinski definition) is 3. The van der Waals surface area contributed by atoms with E-state index in [2.05, 4.69) is 13.8 Å². The highest BCUT2D eigenvalue weighted by Gasteiger charge is 2.16. The standard InChI is InChI=1S/C20H22O4/c1-13(2)3-9-16-19(23)12-10-17(20(16)24)18(22)11-6-14-4-7-15(21)8-5-14/h4-8,10-13,21,23-24H,3,9H2,1-2H3/b11-6+. The number of phenols is 3. The van der Waals surface area contributed by atoms with Gasteiger partial charge in [0.25, 0.3) is 0 Å². The van der Waals surface area contributed by atoms with E-state index in [1.807, 2.05) is 0 Å². The first-order valence-corrected chi connectivity index (χ1v) is 7.93. The van der Waals surface area contributed by atoms with Crippen molar-refractivity contribution in [3.63, 3.8) is 0 Å². The zero-order valence-electron chi connectivity index (χ0n) is 13.9. The molecule has 0 aliphatic heterocycles. The first-order chi connectivity index (χ1) is 11.4. The third kappa shape index (κ3) is 4.38. The van der Waals surface area contributed by atoms with Gasteiger partial charge in [0.05, 0.1) is 5.56 Å². The topological polar surface area (TPSA) is 77.8 Å². The third-order valence-electron chi connectivity index (χ3n) is 3.82. The van der Waals surface area contributed by atoms with Crippen molar-refractivity contribution in [1.29, 1.82) is 0 Å². The van der Waals surface area contributed by atoms with Crippen LogP contribution in [0.1, 0.15) is 41.8 Å². The highest BCUT2D eigenvalue weighted by molar-refractivity contribution is 6.09. The van der Waals surface area contributed by atoms with Crippen LogP contribution >= 0.6 is 0 Å². The Bertz CT molecular complexity index is 743. The van der Waals surface area contributed by atoms with Crippen molar-refractivity contribution in [2.45, 2.75) is 26.7 Å². The lowest BCUT2D eigenvalue weighted by Gasteiger charge is -2.11. The van der Waals surface area contributed by atoms with Gasteiger partial charge in [-0.3, -0.25) is 4.79 Å². The summed E-state index contributed by atoms with van der Waals surface area (Å²) in [4.78, 5) is 12.3. The van der Waals surface area contributed by atoms with Crippen LogP contribution in [-0.2, 0) is 6.42 Å². The second-order valence-electron chi connectivity index (χ2n) is 6.18. The average Bonchev–Trinajstić information content (AvgIpc) is 2.53. The number of hydrogen-bond acceptors (Lipinski definition) is 4. The SMILES string of the molecule is CC(C)CCc1c(O)ccc(C(=O)/C=C/c2ccc(O)cc2)c1O. The summed E-state index contributed by atoms with van der Waals surface area (Å²) < 4.78 is 0. The zero-order valence-corrected chi connectivity index (χ0v) is 13.9. The van der Waals surface area contributed by atoms with Crippen molar-refractivity contribution in [3.05, 3.63) is 59.2 Å². The lowest BCUT2D eigenvalue weighted by atomic mass is 9.97. The van der Waals surface area contributed by atoms with Gasteiger partial charge in [-0.05, 0) is 54.7 Å². The van der Waals surface area contributed by atoms with Gasteiger partial charge in [0.1, 0.15) is 17.2 Å². The van der Waals surface area contributed by atoms with Gasteiger partial charge in [0, 0.05) is 5.56 Å². The number of aromatic hydroxyl groups is 3. The van der Waals surface area contributed by atoms with Crippen molar-refractivity contribution < 1.29 is 20.1 Å². The molecule has 0 amide bonds. The summed E-state index contributed by atoms with van der Waals surface area (Å²) in [5.41, 5.74) is 1.34. The highest BCUT2D eigenvalue weighted by atomic mass is 16.3. The number of carbonyl (C=O) groups excluding carboxylic acids is 1. The van der Waals surface area contributed by atoms with Crippen molar-refractivity contribution in [2.75, 3.05) is 0 Å². The van der Waals surface area contributed by atoms with Crippen LogP contribution in [-0.4, -0.2) is 21.1 Å². The van der Waals surface area contributed by atoms with Crippen LogP contribution in [0.25, 0.3) is 6.08 Å². The van der Waals surface area contributed by atoms with Crippen molar-refractivity contribution in [1.82, 2.24) is 0 Å². The van der Waals surface area contributed by atoms with E-state index in [-0.39, 0.29) is 28.6 Å². The van der Waals surface area contributed by atoms with E-state index < -0.39 is 0 Å². The molecule has 0 aromatic heterocycles. The molecule has 0 bridgehead atoms. The number of ketones is 1.